The molecule has 0 atom stereocenters. The number of hydrogen-bond donors (Lipinski definition) is 3. The van der Waals surface area contributed by atoms with E-state index in [1.165, 1.54) is 4.88 Å². The van der Waals surface area contributed by atoms with Gasteiger partial charge in [0, 0.05) is 36.5 Å². The molecule has 2 aromatic rings. The number of guanidine groups is 1. The molecule has 0 aliphatic heterocycles. The molecular weight excluding hydrogens is 497 g/mol. The Balaban J connectivity index is 0.00000420. The molecule has 3 N–H and O–H groups in total. The number of anilines is 1. The van der Waals surface area contributed by atoms with E-state index in [1.807, 2.05) is 31.2 Å². The number of aryl methyl sites for hydroxylation is 2. The number of carbonyl (C=O) groups is 1. The molecule has 0 saturated heterocycles. The van der Waals surface area contributed by atoms with Crippen molar-refractivity contribution in [1.82, 2.24) is 15.6 Å². The molecule has 6 nitrogen and oxygen atoms in total. The summed E-state index contributed by atoms with van der Waals surface area (Å²) in [5.41, 5.74) is 3.04. The number of benzene rings is 1. The second kappa shape index (κ2) is 13.5. The van der Waals surface area contributed by atoms with Crippen LogP contribution in [0.15, 0.2) is 29.3 Å². The molecule has 0 radical (unpaired) electrons. The fraction of sp³-hybridized carbons (Fsp3) is 0.476. The van der Waals surface area contributed by atoms with Gasteiger partial charge in [-0.3, -0.25) is 4.79 Å². The fourth-order valence-electron chi connectivity index (χ4n) is 2.59. The summed E-state index contributed by atoms with van der Waals surface area (Å²) in [6.45, 7) is 10.4. The van der Waals surface area contributed by atoms with E-state index in [0.717, 1.165) is 53.8 Å². The molecule has 1 aromatic heterocycles. The van der Waals surface area contributed by atoms with Gasteiger partial charge in [-0.2, -0.15) is 0 Å². The van der Waals surface area contributed by atoms with Gasteiger partial charge in [-0.1, -0.05) is 19.1 Å². The minimum absolute atomic E-state index is 0. The number of carbonyl (C=O) groups excluding carboxylic acids is 1. The monoisotopic (exact) mass is 529 g/mol. The molecule has 1 aromatic carbocycles. The zero-order valence-electron chi connectivity index (χ0n) is 17.7. The normalized spacial score (nSPS) is 11.0. The molecule has 0 aliphatic rings. The lowest BCUT2D eigenvalue weighted by Crippen LogP contribution is -2.38. The summed E-state index contributed by atoms with van der Waals surface area (Å²) in [4.78, 5) is 22.2. The van der Waals surface area contributed by atoms with Gasteiger partial charge in [-0.05, 0) is 44.9 Å². The minimum atomic E-state index is 0. The molecule has 0 saturated carbocycles. The van der Waals surface area contributed by atoms with E-state index in [1.54, 1.807) is 11.3 Å². The number of nitrogens with one attached hydrogen (secondary N) is 3. The van der Waals surface area contributed by atoms with Crippen molar-refractivity contribution in [2.75, 3.05) is 18.4 Å². The van der Waals surface area contributed by atoms with Crippen LogP contribution in [0.3, 0.4) is 0 Å². The van der Waals surface area contributed by atoms with Crippen molar-refractivity contribution in [2.24, 2.45) is 4.99 Å². The Bertz CT molecular complexity index is 769. The molecule has 29 heavy (non-hydrogen) atoms. The van der Waals surface area contributed by atoms with Crippen LogP contribution < -0.4 is 16.0 Å². The maximum Gasteiger partial charge on any atom is 0.224 e. The average Bonchev–Trinajstić information content (AvgIpc) is 2.98. The molecule has 2 rings (SSSR count). The van der Waals surface area contributed by atoms with Crippen molar-refractivity contribution >= 4 is 52.9 Å². The fourth-order valence-corrected chi connectivity index (χ4v) is 3.52. The highest BCUT2D eigenvalue weighted by Crippen LogP contribution is 2.16. The Labute approximate surface area is 195 Å². The Hall–Kier alpha value is -1.68. The number of nitrogens with zero attached hydrogens (tertiary/aromatic N) is 2. The van der Waals surface area contributed by atoms with Crippen molar-refractivity contribution in [3.63, 3.8) is 0 Å². The average molecular weight is 529 g/mol. The maximum atomic E-state index is 11.7. The van der Waals surface area contributed by atoms with E-state index < -0.39 is 0 Å². The number of aromatic nitrogens is 1. The van der Waals surface area contributed by atoms with Crippen LogP contribution in [0.2, 0.25) is 0 Å². The van der Waals surface area contributed by atoms with E-state index in [-0.39, 0.29) is 29.9 Å². The second-order valence-corrected chi connectivity index (χ2v) is 7.90. The Morgan fingerprint density at radius 3 is 2.45 bits per heavy atom. The standard InChI is InChI=1S/C21H31N5OS.HI/c1-5-7-19(27)26-18-10-8-17(9-11-18)14-24-21(22-6-2)23-13-12-20-25-15(3)16(4)28-20;/h8-11H,5-7,12-14H2,1-4H3,(H,26,27)(H2,22,23,24);1H. The van der Waals surface area contributed by atoms with Crippen LogP contribution in [0.5, 0.6) is 0 Å². The molecule has 0 unspecified atom stereocenters. The van der Waals surface area contributed by atoms with E-state index in [2.05, 4.69) is 46.7 Å². The molecule has 1 heterocycles. The van der Waals surface area contributed by atoms with Crippen LogP contribution in [0.4, 0.5) is 5.69 Å². The predicted molar refractivity (Wildman–Crippen MR) is 134 cm³/mol. The number of aliphatic imine (C=N–C) groups is 1. The highest BCUT2D eigenvalue weighted by Gasteiger charge is 2.05. The van der Waals surface area contributed by atoms with Crippen molar-refractivity contribution in [3.05, 3.63) is 45.4 Å². The SMILES string of the molecule is CCCC(=O)Nc1ccc(CN=C(NCC)NCCc2nc(C)c(C)s2)cc1.I. The quantitative estimate of drug-likeness (QED) is 0.256. The van der Waals surface area contributed by atoms with Gasteiger partial charge in [0.1, 0.15) is 0 Å². The lowest BCUT2D eigenvalue weighted by atomic mass is 10.2. The molecule has 0 fully saturated rings. The molecule has 1 amide bonds. The third-order valence-corrected chi connectivity index (χ3v) is 5.32. The lowest BCUT2D eigenvalue weighted by Gasteiger charge is -2.11. The maximum absolute atomic E-state index is 11.7. The Kier molecular flexibility index (Phi) is 11.8. The van der Waals surface area contributed by atoms with Gasteiger partial charge >= 0.3 is 0 Å². The smallest absolute Gasteiger partial charge is 0.224 e. The topological polar surface area (TPSA) is 78.4 Å². The van der Waals surface area contributed by atoms with Gasteiger partial charge in [0.2, 0.25) is 5.91 Å². The Morgan fingerprint density at radius 1 is 1.14 bits per heavy atom. The van der Waals surface area contributed by atoms with Crippen LogP contribution in [0.25, 0.3) is 0 Å². The first kappa shape index (κ1) is 25.4. The first-order valence-corrected chi connectivity index (χ1v) is 10.7. The molecule has 160 valence electrons. The third kappa shape index (κ3) is 9.12. The summed E-state index contributed by atoms with van der Waals surface area (Å²) in [5, 5.41) is 10.7. The third-order valence-electron chi connectivity index (χ3n) is 4.18. The zero-order valence-corrected chi connectivity index (χ0v) is 20.8. The predicted octanol–water partition coefficient (Wildman–Crippen LogP) is 4.41. The molecule has 0 bridgehead atoms. The molecule has 8 heteroatoms. The number of rotatable bonds is 9. The van der Waals surface area contributed by atoms with Crippen molar-refractivity contribution in [3.8, 4) is 0 Å². The number of amides is 1. The van der Waals surface area contributed by atoms with E-state index in [9.17, 15) is 4.79 Å². The summed E-state index contributed by atoms with van der Waals surface area (Å²) in [6, 6.07) is 7.84. The molecular formula is C21H32IN5OS. The van der Waals surface area contributed by atoms with E-state index in [0.29, 0.717) is 13.0 Å². The molecule has 0 spiro atoms. The number of hydrogen-bond acceptors (Lipinski definition) is 4. The van der Waals surface area contributed by atoms with Crippen LogP contribution >= 0.6 is 35.3 Å². The summed E-state index contributed by atoms with van der Waals surface area (Å²) in [6.07, 6.45) is 2.28. The van der Waals surface area contributed by atoms with Gasteiger partial charge in [0.05, 0.1) is 17.2 Å². The molecule has 0 aliphatic carbocycles. The van der Waals surface area contributed by atoms with Gasteiger partial charge in [-0.25, -0.2) is 9.98 Å². The van der Waals surface area contributed by atoms with Crippen LogP contribution in [-0.2, 0) is 17.8 Å². The van der Waals surface area contributed by atoms with Crippen LogP contribution in [0, 0.1) is 13.8 Å². The van der Waals surface area contributed by atoms with E-state index >= 15 is 0 Å². The second-order valence-electron chi connectivity index (χ2n) is 6.62. The summed E-state index contributed by atoms with van der Waals surface area (Å²) in [7, 11) is 0. The highest BCUT2D eigenvalue weighted by atomic mass is 127. The largest absolute Gasteiger partial charge is 0.357 e. The lowest BCUT2D eigenvalue weighted by molar-refractivity contribution is -0.116. The van der Waals surface area contributed by atoms with Gasteiger partial charge < -0.3 is 16.0 Å². The number of halogens is 1. The van der Waals surface area contributed by atoms with Gasteiger partial charge in [0.15, 0.2) is 5.96 Å². The minimum Gasteiger partial charge on any atom is -0.357 e. The first-order valence-electron chi connectivity index (χ1n) is 9.85. The first-order chi connectivity index (χ1) is 13.5. The summed E-state index contributed by atoms with van der Waals surface area (Å²) >= 11 is 1.76. The Morgan fingerprint density at radius 2 is 1.86 bits per heavy atom. The summed E-state index contributed by atoms with van der Waals surface area (Å²) in [5.74, 6) is 0.852. The van der Waals surface area contributed by atoms with Gasteiger partial charge in [-0.15, -0.1) is 35.3 Å². The van der Waals surface area contributed by atoms with E-state index in [4.69, 9.17) is 0 Å². The van der Waals surface area contributed by atoms with Crippen molar-refractivity contribution in [1.29, 1.82) is 0 Å². The highest BCUT2D eigenvalue weighted by molar-refractivity contribution is 14.0. The van der Waals surface area contributed by atoms with Crippen LogP contribution in [0.1, 0.15) is 47.8 Å². The van der Waals surface area contributed by atoms with Gasteiger partial charge in [0.25, 0.3) is 0 Å². The summed E-state index contributed by atoms with van der Waals surface area (Å²) < 4.78 is 0. The zero-order chi connectivity index (χ0) is 20.4. The van der Waals surface area contributed by atoms with Crippen LogP contribution in [-0.4, -0.2) is 29.9 Å². The number of thiazole rings is 1. The van der Waals surface area contributed by atoms with Crippen molar-refractivity contribution < 1.29 is 4.79 Å². The van der Waals surface area contributed by atoms with Crippen molar-refractivity contribution in [2.45, 2.75) is 53.5 Å².